The number of hydrogen-bond donors (Lipinski definition) is 2. The lowest BCUT2D eigenvalue weighted by Crippen LogP contribution is -2.58. The third-order valence-electron chi connectivity index (χ3n) is 5.98. The molecular formula is C21H28N2O5. The lowest BCUT2D eigenvalue weighted by molar-refractivity contribution is -0.152. The number of amides is 2. The number of carbonyl (C=O) groups excluding carboxylic acids is 2. The molecule has 2 aliphatic rings. The molecule has 0 radical (unpaired) electrons. The highest BCUT2D eigenvalue weighted by atomic mass is 16.5. The van der Waals surface area contributed by atoms with Crippen LogP contribution in [0.1, 0.15) is 51.0 Å². The van der Waals surface area contributed by atoms with Crippen LogP contribution in [-0.2, 0) is 19.1 Å². The highest BCUT2D eigenvalue weighted by Crippen LogP contribution is 2.34. The summed E-state index contributed by atoms with van der Waals surface area (Å²) in [6, 6.07) is 7.78. The van der Waals surface area contributed by atoms with Crippen LogP contribution in [0.2, 0.25) is 0 Å². The van der Waals surface area contributed by atoms with E-state index >= 15 is 0 Å². The number of rotatable bonds is 6. The van der Waals surface area contributed by atoms with E-state index in [1.54, 1.807) is 4.90 Å². The number of carboxylic acids is 1. The quantitative estimate of drug-likeness (QED) is 0.780. The standard InChI is InChI=1S/C21H28N2O5/c1-3-14(2)16-6-4-5-7-17(16)23-13-15(12-18(23)24)19(25)22-21(20(26)27)8-10-28-11-9-21/h4-7,14-15H,3,8-13H2,1-2H3,(H,22,25)(H,26,27). The van der Waals surface area contributed by atoms with E-state index in [9.17, 15) is 19.5 Å². The predicted molar refractivity (Wildman–Crippen MR) is 104 cm³/mol. The van der Waals surface area contributed by atoms with Gasteiger partial charge in [0.25, 0.3) is 0 Å². The van der Waals surface area contributed by atoms with Gasteiger partial charge >= 0.3 is 5.97 Å². The molecule has 2 N–H and O–H groups in total. The van der Waals surface area contributed by atoms with Gasteiger partial charge in [-0.1, -0.05) is 32.0 Å². The maximum absolute atomic E-state index is 12.8. The van der Waals surface area contributed by atoms with Crippen molar-refractivity contribution in [2.75, 3.05) is 24.7 Å². The molecule has 2 saturated heterocycles. The van der Waals surface area contributed by atoms with Gasteiger partial charge in [-0.25, -0.2) is 4.79 Å². The minimum Gasteiger partial charge on any atom is -0.480 e. The fourth-order valence-corrected chi connectivity index (χ4v) is 3.94. The molecule has 0 bridgehead atoms. The minimum atomic E-state index is -1.31. The van der Waals surface area contributed by atoms with Crippen LogP contribution in [-0.4, -0.2) is 48.2 Å². The zero-order valence-corrected chi connectivity index (χ0v) is 16.4. The Bertz CT molecular complexity index is 757. The minimum absolute atomic E-state index is 0.0902. The second-order valence-electron chi connectivity index (χ2n) is 7.76. The van der Waals surface area contributed by atoms with E-state index in [0.717, 1.165) is 17.7 Å². The third kappa shape index (κ3) is 3.90. The smallest absolute Gasteiger partial charge is 0.329 e. The van der Waals surface area contributed by atoms with Gasteiger partial charge in [0.15, 0.2) is 0 Å². The first kappa shape index (κ1) is 20.3. The monoisotopic (exact) mass is 388 g/mol. The second kappa shape index (κ2) is 8.31. The van der Waals surface area contributed by atoms with Gasteiger partial charge in [0, 0.05) is 44.7 Å². The van der Waals surface area contributed by atoms with E-state index in [4.69, 9.17) is 4.74 Å². The third-order valence-corrected chi connectivity index (χ3v) is 5.98. The second-order valence-corrected chi connectivity index (χ2v) is 7.76. The van der Waals surface area contributed by atoms with Gasteiger partial charge in [-0.2, -0.15) is 0 Å². The van der Waals surface area contributed by atoms with Crippen molar-refractivity contribution in [3.63, 3.8) is 0 Å². The van der Waals surface area contributed by atoms with Crippen molar-refractivity contribution in [2.24, 2.45) is 5.92 Å². The normalized spacial score (nSPS) is 22.7. The molecule has 2 atom stereocenters. The Morgan fingerprint density at radius 2 is 2.00 bits per heavy atom. The molecule has 2 unspecified atom stereocenters. The van der Waals surface area contributed by atoms with Gasteiger partial charge in [0.05, 0.1) is 5.92 Å². The highest BCUT2D eigenvalue weighted by Gasteiger charge is 2.44. The van der Waals surface area contributed by atoms with Crippen molar-refractivity contribution >= 4 is 23.5 Å². The molecule has 3 rings (SSSR count). The zero-order valence-electron chi connectivity index (χ0n) is 16.4. The Labute approximate surface area is 165 Å². The van der Waals surface area contributed by atoms with Crippen LogP contribution in [0.4, 0.5) is 5.69 Å². The number of para-hydroxylation sites is 1. The van der Waals surface area contributed by atoms with E-state index in [2.05, 4.69) is 19.2 Å². The van der Waals surface area contributed by atoms with Gasteiger partial charge in [0.2, 0.25) is 11.8 Å². The molecule has 2 fully saturated rings. The number of nitrogens with zero attached hydrogens (tertiary/aromatic N) is 1. The largest absolute Gasteiger partial charge is 0.480 e. The molecule has 0 saturated carbocycles. The number of carboxylic acid groups (broad SMARTS) is 1. The molecule has 1 aromatic carbocycles. The summed E-state index contributed by atoms with van der Waals surface area (Å²) >= 11 is 0. The zero-order chi connectivity index (χ0) is 20.3. The molecule has 152 valence electrons. The van der Waals surface area contributed by atoms with Crippen molar-refractivity contribution < 1.29 is 24.2 Å². The first-order chi connectivity index (χ1) is 13.4. The van der Waals surface area contributed by atoms with E-state index in [0.29, 0.717) is 19.1 Å². The summed E-state index contributed by atoms with van der Waals surface area (Å²) in [5, 5.41) is 12.4. The molecule has 0 aliphatic carbocycles. The number of ether oxygens (including phenoxy) is 1. The number of hydrogen-bond acceptors (Lipinski definition) is 4. The van der Waals surface area contributed by atoms with Crippen LogP contribution < -0.4 is 10.2 Å². The number of nitrogens with one attached hydrogen (secondary N) is 1. The Morgan fingerprint density at radius 3 is 2.64 bits per heavy atom. The lowest BCUT2D eigenvalue weighted by atomic mass is 9.89. The fourth-order valence-electron chi connectivity index (χ4n) is 3.94. The van der Waals surface area contributed by atoms with Crippen LogP contribution in [0.25, 0.3) is 0 Å². The summed E-state index contributed by atoms with van der Waals surface area (Å²) in [6.07, 6.45) is 1.50. The van der Waals surface area contributed by atoms with Gasteiger partial charge in [-0.15, -0.1) is 0 Å². The number of aliphatic carboxylic acids is 1. The first-order valence-electron chi connectivity index (χ1n) is 9.90. The average Bonchev–Trinajstić information content (AvgIpc) is 3.09. The molecule has 2 heterocycles. The summed E-state index contributed by atoms with van der Waals surface area (Å²) in [5.74, 6) is -1.79. The fraction of sp³-hybridized carbons (Fsp3) is 0.571. The number of anilines is 1. The molecular weight excluding hydrogens is 360 g/mol. The SMILES string of the molecule is CCC(C)c1ccccc1N1CC(C(=O)NC2(C(=O)O)CCOCC2)CC1=O. The van der Waals surface area contributed by atoms with Crippen LogP contribution in [0.3, 0.4) is 0 Å². The van der Waals surface area contributed by atoms with Gasteiger partial charge in [0.1, 0.15) is 5.54 Å². The Hall–Kier alpha value is -2.41. The topological polar surface area (TPSA) is 95.9 Å². The summed E-state index contributed by atoms with van der Waals surface area (Å²) in [5.41, 5.74) is 0.627. The summed E-state index contributed by atoms with van der Waals surface area (Å²) < 4.78 is 5.24. The molecule has 7 heteroatoms. The lowest BCUT2D eigenvalue weighted by Gasteiger charge is -2.34. The van der Waals surface area contributed by atoms with Gasteiger partial charge in [-0.3, -0.25) is 9.59 Å². The number of carbonyl (C=O) groups is 3. The van der Waals surface area contributed by atoms with Crippen molar-refractivity contribution in [3.05, 3.63) is 29.8 Å². The molecule has 28 heavy (non-hydrogen) atoms. The maximum atomic E-state index is 12.8. The number of benzene rings is 1. The maximum Gasteiger partial charge on any atom is 0.329 e. The molecule has 1 aromatic rings. The molecule has 0 spiro atoms. The van der Waals surface area contributed by atoms with Gasteiger partial charge < -0.3 is 20.1 Å². The van der Waals surface area contributed by atoms with E-state index in [-0.39, 0.29) is 37.6 Å². The Balaban J connectivity index is 1.76. The highest BCUT2D eigenvalue weighted by molar-refractivity contribution is 6.01. The van der Waals surface area contributed by atoms with Crippen molar-refractivity contribution in [1.29, 1.82) is 0 Å². The molecule has 0 aromatic heterocycles. The Kier molecular flexibility index (Phi) is 6.03. The predicted octanol–water partition coefficient (Wildman–Crippen LogP) is 2.30. The van der Waals surface area contributed by atoms with Crippen LogP contribution in [0.5, 0.6) is 0 Å². The van der Waals surface area contributed by atoms with Gasteiger partial charge in [-0.05, 0) is 24.0 Å². The van der Waals surface area contributed by atoms with Crippen molar-refractivity contribution in [2.45, 2.75) is 51.0 Å². The van der Waals surface area contributed by atoms with Crippen molar-refractivity contribution in [3.8, 4) is 0 Å². The summed E-state index contributed by atoms with van der Waals surface area (Å²) in [7, 11) is 0. The van der Waals surface area contributed by atoms with Crippen molar-refractivity contribution in [1.82, 2.24) is 5.32 Å². The van der Waals surface area contributed by atoms with Crippen LogP contribution >= 0.6 is 0 Å². The van der Waals surface area contributed by atoms with E-state index in [1.807, 2.05) is 24.3 Å². The van der Waals surface area contributed by atoms with E-state index < -0.39 is 17.4 Å². The summed E-state index contributed by atoms with van der Waals surface area (Å²) in [4.78, 5) is 38.9. The first-order valence-corrected chi connectivity index (χ1v) is 9.90. The van der Waals surface area contributed by atoms with Crippen LogP contribution in [0, 0.1) is 5.92 Å². The van der Waals surface area contributed by atoms with E-state index in [1.165, 1.54) is 0 Å². The van der Waals surface area contributed by atoms with Crippen LogP contribution in [0.15, 0.2) is 24.3 Å². The molecule has 7 nitrogen and oxygen atoms in total. The average molecular weight is 388 g/mol. The Morgan fingerprint density at radius 1 is 1.32 bits per heavy atom. The molecule has 2 amide bonds. The summed E-state index contributed by atoms with van der Waals surface area (Å²) in [6.45, 7) is 5.08. The molecule has 2 aliphatic heterocycles.